The number of carbonyl (C=O) groups is 4. The fourth-order valence-electron chi connectivity index (χ4n) is 3.77. The lowest BCUT2D eigenvalue weighted by molar-refractivity contribution is -0.151. The third kappa shape index (κ3) is 4.28. The van der Waals surface area contributed by atoms with Crippen molar-refractivity contribution in [3.8, 4) is 0 Å². The Hall–Kier alpha value is -3.11. The molecule has 10 heteroatoms. The molecule has 2 N–H and O–H groups in total. The monoisotopic (exact) mass is 472 g/mol. The van der Waals surface area contributed by atoms with Crippen molar-refractivity contribution in [3.05, 3.63) is 69.6 Å². The Morgan fingerprint density at radius 1 is 1.22 bits per heavy atom. The maximum Gasteiger partial charge on any atom is 0.352 e. The SMILES string of the molecule is CC(=O)OC(C1=C(C(=O)O)N2C(=O)C(NC(=O)Cc3cccs3)[C@H]2SC1)c1ccccc1. The lowest BCUT2D eigenvalue weighted by Crippen LogP contribution is -2.70. The number of hydrogen-bond acceptors (Lipinski definition) is 7. The van der Waals surface area contributed by atoms with Gasteiger partial charge < -0.3 is 15.2 Å². The molecule has 2 aromatic rings. The van der Waals surface area contributed by atoms with Crippen LogP contribution in [0.2, 0.25) is 0 Å². The molecule has 0 bridgehead atoms. The van der Waals surface area contributed by atoms with Gasteiger partial charge in [-0.25, -0.2) is 4.79 Å². The van der Waals surface area contributed by atoms with Crippen LogP contribution < -0.4 is 5.32 Å². The smallest absolute Gasteiger partial charge is 0.352 e. The highest BCUT2D eigenvalue weighted by molar-refractivity contribution is 8.00. The van der Waals surface area contributed by atoms with Crippen LogP contribution >= 0.6 is 23.1 Å². The first-order chi connectivity index (χ1) is 15.4. The van der Waals surface area contributed by atoms with Crippen LogP contribution in [0.1, 0.15) is 23.5 Å². The Bertz CT molecular complexity index is 1080. The van der Waals surface area contributed by atoms with Crippen molar-refractivity contribution in [2.45, 2.75) is 30.9 Å². The number of β-lactam (4-membered cyclic amide) rings is 1. The van der Waals surface area contributed by atoms with Crippen molar-refractivity contribution in [2.75, 3.05) is 5.75 Å². The molecule has 1 aromatic carbocycles. The van der Waals surface area contributed by atoms with Gasteiger partial charge in [0.2, 0.25) is 5.91 Å². The average molecular weight is 473 g/mol. The van der Waals surface area contributed by atoms with Gasteiger partial charge in [0, 0.05) is 23.1 Å². The van der Waals surface area contributed by atoms with E-state index < -0.39 is 35.4 Å². The number of amides is 2. The predicted molar refractivity (Wildman–Crippen MR) is 119 cm³/mol. The van der Waals surface area contributed by atoms with E-state index in [9.17, 15) is 24.3 Å². The van der Waals surface area contributed by atoms with Crippen LogP contribution in [-0.4, -0.2) is 50.9 Å². The first-order valence-electron chi connectivity index (χ1n) is 9.81. The number of thioether (sulfide) groups is 1. The standard InChI is InChI=1S/C22H20N2O6S2/c1-12(25)30-19(13-6-3-2-4-7-13)15-11-32-21-17(20(27)24(21)18(15)22(28)29)23-16(26)10-14-8-5-9-31-14/h2-9,17,19,21H,10-11H2,1H3,(H,23,26)(H,28,29)/t17?,19?,21-/m1/s1. The molecule has 2 unspecified atom stereocenters. The van der Waals surface area contributed by atoms with Crippen LogP contribution in [0.25, 0.3) is 0 Å². The molecule has 2 amide bonds. The summed E-state index contributed by atoms with van der Waals surface area (Å²) in [6, 6.07) is 11.7. The quantitative estimate of drug-likeness (QED) is 0.470. The third-order valence-electron chi connectivity index (χ3n) is 5.13. The maximum atomic E-state index is 12.9. The Morgan fingerprint density at radius 3 is 2.59 bits per heavy atom. The number of benzene rings is 1. The molecule has 0 aliphatic carbocycles. The molecule has 32 heavy (non-hydrogen) atoms. The number of carboxylic acid groups (broad SMARTS) is 1. The van der Waals surface area contributed by atoms with Gasteiger partial charge in [0.15, 0.2) is 6.10 Å². The molecule has 2 aliphatic heterocycles. The number of aliphatic carboxylic acids is 1. The molecule has 8 nitrogen and oxygen atoms in total. The van der Waals surface area contributed by atoms with Crippen molar-refractivity contribution in [3.63, 3.8) is 0 Å². The zero-order chi connectivity index (χ0) is 22.8. The number of hydrogen-bond donors (Lipinski definition) is 2. The van der Waals surface area contributed by atoms with E-state index in [0.29, 0.717) is 11.1 Å². The molecule has 1 saturated heterocycles. The van der Waals surface area contributed by atoms with Crippen molar-refractivity contribution in [1.29, 1.82) is 0 Å². The number of carboxylic acids is 1. The molecule has 0 saturated carbocycles. The van der Waals surface area contributed by atoms with Gasteiger partial charge in [0.1, 0.15) is 17.1 Å². The summed E-state index contributed by atoms with van der Waals surface area (Å²) >= 11 is 2.78. The number of nitrogens with one attached hydrogen (secondary N) is 1. The molecule has 0 radical (unpaired) electrons. The number of carbonyl (C=O) groups excluding carboxylic acids is 3. The minimum absolute atomic E-state index is 0.161. The number of fused-ring (bicyclic) bond motifs is 1. The van der Waals surface area contributed by atoms with Gasteiger partial charge in [-0.15, -0.1) is 23.1 Å². The summed E-state index contributed by atoms with van der Waals surface area (Å²) in [5, 5.41) is 14.0. The number of ether oxygens (including phenoxy) is 1. The Balaban J connectivity index is 1.59. The van der Waals surface area contributed by atoms with E-state index in [2.05, 4.69) is 5.32 Å². The number of esters is 1. The van der Waals surface area contributed by atoms with Crippen molar-refractivity contribution < 1.29 is 29.0 Å². The second-order valence-electron chi connectivity index (χ2n) is 7.29. The van der Waals surface area contributed by atoms with Crippen LogP contribution in [-0.2, 0) is 30.3 Å². The van der Waals surface area contributed by atoms with E-state index in [1.807, 2.05) is 17.5 Å². The summed E-state index contributed by atoms with van der Waals surface area (Å²) < 4.78 is 5.47. The summed E-state index contributed by atoms with van der Waals surface area (Å²) in [5.41, 5.74) is 0.749. The number of thiophene rings is 1. The summed E-state index contributed by atoms with van der Waals surface area (Å²) in [7, 11) is 0. The minimum atomic E-state index is -1.28. The van der Waals surface area contributed by atoms with E-state index in [4.69, 9.17) is 4.74 Å². The number of rotatable bonds is 7. The fraction of sp³-hybridized carbons (Fsp3) is 0.273. The second-order valence-corrected chi connectivity index (χ2v) is 9.43. The van der Waals surface area contributed by atoms with Gasteiger partial charge in [-0.1, -0.05) is 36.4 Å². The highest BCUT2D eigenvalue weighted by atomic mass is 32.2. The molecule has 1 fully saturated rings. The summed E-state index contributed by atoms with van der Waals surface area (Å²) in [6.45, 7) is 1.25. The van der Waals surface area contributed by atoms with E-state index in [-0.39, 0.29) is 23.8 Å². The molecule has 3 atom stereocenters. The fourth-order valence-corrected chi connectivity index (χ4v) is 5.85. The van der Waals surface area contributed by atoms with Gasteiger partial charge in [0.25, 0.3) is 5.91 Å². The number of nitrogens with zero attached hydrogens (tertiary/aromatic N) is 1. The zero-order valence-electron chi connectivity index (χ0n) is 17.0. The van der Waals surface area contributed by atoms with E-state index in [1.54, 1.807) is 30.3 Å². The van der Waals surface area contributed by atoms with Gasteiger partial charge >= 0.3 is 11.9 Å². The maximum absolute atomic E-state index is 12.9. The van der Waals surface area contributed by atoms with Crippen molar-refractivity contribution >= 4 is 46.9 Å². The summed E-state index contributed by atoms with van der Waals surface area (Å²) in [6.07, 6.45) is -0.762. The highest BCUT2D eigenvalue weighted by Gasteiger charge is 2.55. The summed E-state index contributed by atoms with van der Waals surface area (Å²) in [4.78, 5) is 51.2. The molecule has 166 valence electrons. The third-order valence-corrected chi connectivity index (χ3v) is 7.31. The van der Waals surface area contributed by atoms with Gasteiger partial charge in [-0.2, -0.15) is 0 Å². The van der Waals surface area contributed by atoms with E-state index in [1.165, 1.54) is 34.9 Å². The Morgan fingerprint density at radius 2 is 1.97 bits per heavy atom. The zero-order valence-corrected chi connectivity index (χ0v) is 18.7. The molecular formula is C22H20N2O6S2. The molecule has 1 aromatic heterocycles. The Labute approximate surface area is 192 Å². The van der Waals surface area contributed by atoms with Crippen molar-refractivity contribution in [1.82, 2.24) is 10.2 Å². The minimum Gasteiger partial charge on any atom is -0.477 e. The average Bonchev–Trinajstić information content (AvgIpc) is 3.28. The topological polar surface area (TPSA) is 113 Å². The first-order valence-corrected chi connectivity index (χ1v) is 11.7. The van der Waals surface area contributed by atoms with Gasteiger partial charge in [-0.3, -0.25) is 19.3 Å². The largest absolute Gasteiger partial charge is 0.477 e. The first kappa shape index (κ1) is 22.1. The van der Waals surface area contributed by atoms with Crippen molar-refractivity contribution in [2.24, 2.45) is 0 Å². The molecule has 3 heterocycles. The van der Waals surface area contributed by atoms with E-state index >= 15 is 0 Å². The normalized spacial score (nSPS) is 20.8. The van der Waals surface area contributed by atoms with Crippen LogP contribution in [0.4, 0.5) is 0 Å². The lowest BCUT2D eigenvalue weighted by atomic mass is 9.96. The van der Waals surface area contributed by atoms with Gasteiger partial charge in [-0.05, 0) is 17.0 Å². The Kier molecular flexibility index (Phi) is 6.33. The molecule has 2 aliphatic rings. The molecular weight excluding hydrogens is 452 g/mol. The molecule has 4 rings (SSSR count). The van der Waals surface area contributed by atoms with Crippen LogP contribution in [0.15, 0.2) is 59.1 Å². The van der Waals surface area contributed by atoms with Crippen LogP contribution in [0.5, 0.6) is 0 Å². The lowest BCUT2D eigenvalue weighted by Gasteiger charge is -2.50. The molecule has 0 spiro atoms. The predicted octanol–water partition coefficient (Wildman–Crippen LogP) is 2.33. The summed E-state index contributed by atoms with van der Waals surface area (Å²) in [5.74, 6) is -2.39. The second kappa shape index (κ2) is 9.17. The van der Waals surface area contributed by atoms with Crippen LogP contribution in [0, 0.1) is 0 Å². The van der Waals surface area contributed by atoms with Gasteiger partial charge in [0.05, 0.1) is 6.42 Å². The highest BCUT2D eigenvalue weighted by Crippen LogP contribution is 2.44. The van der Waals surface area contributed by atoms with Crippen LogP contribution in [0.3, 0.4) is 0 Å². The van der Waals surface area contributed by atoms with E-state index in [0.717, 1.165) is 4.88 Å².